The lowest BCUT2D eigenvalue weighted by Gasteiger charge is -2.03. The molecule has 1 amide bonds. The van der Waals surface area contributed by atoms with E-state index in [0.29, 0.717) is 21.6 Å². The number of halogens is 2. The zero-order chi connectivity index (χ0) is 17.8. The highest BCUT2D eigenvalue weighted by atomic mass is 35.5. The van der Waals surface area contributed by atoms with E-state index in [2.05, 4.69) is 17.2 Å². The Kier molecular flexibility index (Phi) is 5.74. The van der Waals surface area contributed by atoms with Crippen LogP contribution < -0.4 is 5.32 Å². The smallest absolute Gasteiger partial charge is 0.230 e. The SMILES string of the molecule is CCc1ccc(CC(=O)Nc2nc(-c3ccc(Cl)c(Cl)c3)cs2)cc1. The summed E-state index contributed by atoms with van der Waals surface area (Å²) in [5.74, 6) is -0.0840. The average Bonchev–Trinajstić information content (AvgIpc) is 3.06. The molecule has 0 aliphatic heterocycles. The Balaban J connectivity index is 1.65. The number of hydrogen-bond acceptors (Lipinski definition) is 3. The summed E-state index contributed by atoms with van der Waals surface area (Å²) in [6.45, 7) is 2.11. The first-order valence-electron chi connectivity index (χ1n) is 7.83. The molecule has 0 saturated carbocycles. The van der Waals surface area contributed by atoms with E-state index in [1.807, 2.05) is 35.7 Å². The third-order valence-corrected chi connectivity index (χ3v) is 5.26. The first-order chi connectivity index (χ1) is 12.0. The van der Waals surface area contributed by atoms with Crippen molar-refractivity contribution in [2.24, 2.45) is 0 Å². The van der Waals surface area contributed by atoms with Crippen molar-refractivity contribution in [3.8, 4) is 11.3 Å². The molecule has 1 N–H and O–H groups in total. The number of rotatable bonds is 5. The van der Waals surface area contributed by atoms with E-state index in [1.165, 1.54) is 16.9 Å². The molecule has 6 heteroatoms. The Morgan fingerprint density at radius 2 is 1.80 bits per heavy atom. The van der Waals surface area contributed by atoms with Crippen LogP contribution in [0.1, 0.15) is 18.1 Å². The fraction of sp³-hybridized carbons (Fsp3) is 0.158. The third kappa shape index (κ3) is 4.60. The van der Waals surface area contributed by atoms with Gasteiger partial charge in [-0.2, -0.15) is 0 Å². The van der Waals surface area contributed by atoms with Crippen LogP contribution in [0.2, 0.25) is 10.0 Å². The maximum atomic E-state index is 12.2. The molecular weight excluding hydrogens is 375 g/mol. The molecule has 3 aromatic rings. The number of thiazole rings is 1. The average molecular weight is 391 g/mol. The number of hydrogen-bond donors (Lipinski definition) is 1. The van der Waals surface area contributed by atoms with E-state index < -0.39 is 0 Å². The summed E-state index contributed by atoms with van der Waals surface area (Å²) >= 11 is 13.4. The first kappa shape index (κ1) is 17.9. The van der Waals surface area contributed by atoms with E-state index in [0.717, 1.165) is 23.2 Å². The molecule has 2 aromatic carbocycles. The van der Waals surface area contributed by atoms with Crippen molar-refractivity contribution in [3.63, 3.8) is 0 Å². The molecule has 128 valence electrons. The van der Waals surface area contributed by atoms with Crippen LogP contribution in [0.25, 0.3) is 11.3 Å². The predicted molar refractivity (Wildman–Crippen MR) is 106 cm³/mol. The molecule has 1 aromatic heterocycles. The van der Waals surface area contributed by atoms with Gasteiger partial charge in [0.25, 0.3) is 0 Å². The van der Waals surface area contributed by atoms with Gasteiger partial charge in [-0.25, -0.2) is 4.98 Å². The molecule has 0 atom stereocenters. The lowest BCUT2D eigenvalue weighted by Crippen LogP contribution is -2.14. The molecule has 0 spiro atoms. The topological polar surface area (TPSA) is 42.0 Å². The maximum Gasteiger partial charge on any atom is 0.230 e. The van der Waals surface area contributed by atoms with Gasteiger partial charge in [-0.1, -0.05) is 60.5 Å². The van der Waals surface area contributed by atoms with Crippen LogP contribution in [-0.4, -0.2) is 10.9 Å². The molecule has 1 heterocycles. The van der Waals surface area contributed by atoms with Crippen molar-refractivity contribution in [1.82, 2.24) is 4.98 Å². The molecule has 0 radical (unpaired) electrons. The van der Waals surface area contributed by atoms with E-state index in [4.69, 9.17) is 23.2 Å². The monoisotopic (exact) mass is 390 g/mol. The second kappa shape index (κ2) is 8.00. The van der Waals surface area contributed by atoms with Crippen molar-refractivity contribution in [2.45, 2.75) is 19.8 Å². The zero-order valence-electron chi connectivity index (χ0n) is 13.6. The van der Waals surface area contributed by atoms with Gasteiger partial charge in [-0.3, -0.25) is 4.79 Å². The maximum absolute atomic E-state index is 12.2. The van der Waals surface area contributed by atoms with Crippen molar-refractivity contribution in [3.05, 3.63) is 69.0 Å². The number of carbonyl (C=O) groups excluding carboxylic acids is 1. The number of amides is 1. The van der Waals surface area contributed by atoms with Gasteiger partial charge in [0.15, 0.2) is 5.13 Å². The summed E-state index contributed by atoms with van der Waals surface area (Å²) in [6, 6.07) is 13.4. The molecule has 0 bridgehead atoms. The molecule has 0 fully saturated rings. The molecule has 25 heavy (non-hydrogen) atoms. The summed E-state index contributed by atoms with van der Waals surface area (Å²) in [5, 5.41) is 6.27. The Hall–Kier alpha value is -1.88. The third-order valence-electron chi connectivity index (χ3n) is 3.76. The van der Waals surface area contributed by atoms with Gasteiger partial charge in [0.2, 0.25) is 5.91 Å². The summed E-state index contributed by atoms with van der Waals surface area (Å²) in [5.41, 5.74) is 3.86. The quantitative estimate of drug-likeness (QED) is 0.592. The number of nitrogens with zero attached hydrogens (tertiary/aromatic N) is 1. The van der Waals surface area contributed by atoms with E-state index in [-0.39, 0.29) is 5.91 Å². The molecule has 0 saturated heterocycles. The second-order valence-electron chi connectivity index (χ2n) is 5.56. The van der Waals surface area contributed by atoms with Gasteiger partial charge < -0.3 is 5.32 Å². The van der Waals surface area contributed by atoms with Gasteiger partial charge in [-0.05, 0) is 29.7 Å². The molecule has 3 rings (SSSR count). The summed E-state index contributed by atoms with van der Waals surface area (Å²) < 4.78 is 0. The number of aromatic nitrogens is 1. The van der Waals surface area contributed by atoms with Crippen LogP contribution in [0.4, 0.5) is 5.13 Å². The van der Waals surface area contributed by atoms with Gasteiger partial charge in [0.1, 0.15) is 0 Å². The molecule has 3 nitrogen and oxygen atoms in total. The number of nitrogens with one attached hydrogen (secondary N) is 1. The minimum absolute atomic E-state index is 0.0840. The van der Waals surface area contributed by atoms with Gasteiger partial charge in [-0.15, -0.1) is 11.3 Å². The van der Waals surface area contributed by atoms with Crippen molar-refractivity contribution < 1.29 is 4.79 Å². The standard InChI is InChI=1S/C19H16Cl2N2OS/c1-2-12-3-5-13(6-4-12)9-18(24)23-19-22-17(11-25-19)14-7-8-15(20)16(21)10-14/h3-8,10-11H,2,9H2,1H3,(H,22,23,24). The fourth-order valence-corrected chi connectivity index (χ4v) is 3.39. The summed E-state index contributed by atoms with van der Waals surface area (Å²) in [4.78, 5) is 16.6. The Morgan fingerprint density at radius 3 is 2.48 bits per heavy atom. The predicted octanol–water partition coefficient (Wildman–Crippen LogP) is 5.86. The highest BCUT2D eigenvalue weighted by Crippen LogP contribution is 2.30. The molecule has 0 aliphatic rings. The second-order valence-corrected chi connectivity index (χ2v) is 7.23. The van der Waals surface area contributed by atoms with Gasteiger partial charge in [0, 0.05) is 10.9 Å². The number of anilines is 1. The summed E-state index contributed by atoms with van der Waals surface area (Å²) in [7, 11) is 0. The van der Waals surface area contributed by atoms with E-state index in [1.54, 1.807) is 12.1 Å². The lowest BCUT2D eigenvalue weighted by atomic mass is 10.1. The van der Waals surface area contributed by atoms with Crippen LogP contribution in [0.3, 0.4) is 0 Å². The van der Waals surface area contributed by atoms with Crippen LogP contribution in [-0.2, 0) is 17.6 Å². The minimum Gasteiger partial charge on any atom is -0.302 e. The number of benzene rings is 2. The minimum atomic E-state index is -0.0840. The van der Waals surface area contributed by atoms with Crippen LogP contribution >= 0.6 is 34.5 Å². The van der Waals surface area contributed by atoms with E-state index >= 15 is 0 Å². The van der Waals surface area contributed by atoms with Crippen molar-refractivity contribution in [1.29, 1.82) is 0 Å². The summed E-state index contributed by atoms with van der Waals surface area (Å²) in [6.07, 6.45) is 1.31. The van der Waals surface area contributed by atoms with E-state index in [9.17, 15) is 4.79 Å². The Morgan fingerprint density at radius 1 is 1.08 bits per heavy atom. The lowest BCUT2D eigenvalue weighted by molar-refractivity contribution is -0.115. The van der Waals surface area contributed by atoms with Gasteiger partial charge >= 0.3 is 0 Å². The highest BCUT2D eigenvalue weighted by molar-refractivity contribution is 7.14. The molecule has 0 unspecified atom stereocenters. The zero-order valence-corrected chi connectivity index (χ0v) is 15.9. The fourth-order valence-electron chi connectivity index (χ4n) is 2.36. The first-order valence-corrected chi connectivity index (χ1v) is 9.47. The highest BCUT2D eigenvalue weighted by Gasteiger charge is 2.10. The van der Waals surface area contributed by atoms with Crippen molar-refractivity contribution in [2.75, 3.05) is 5.32 Å². The molecule has 0 aliphatic carbocycles. The number of carbonyl (C=O) groups is 1. The molecular formula is C19H16Cl2N2OS. The Labute approximate surface area is 160 Å². The Bertz CT molecular complexity index is 891. The number of aryl methyl sites for hydroxylation is 1. The van der Waals surface area contributed by atoms with Crippen LogP contribution in [0.5, 0.6) is 0 Å². The largest absolute Gasteiger partial charge is 0.302 e. The van der Waals surface area contributed by atoms with Crippen LogP contribution in [0.15, 0.2) is 47.8 Å². The van der Waals surface area contributed by atoms with Gasteiger partial charge in [0.05, 0.1) is 22.2 Å². The van der Waals surface area contributed by atoms with Crippen molar-refractivity contribution >= 4 is 45.6 Å². The van der Waals surface area contributed by atoms with Crippen LogP contribution in [0, 0.1) is 0 Å². The normalized spacial score (nSPS) is 10.7.